The summed E-state index contributed by atoms with van der Waals surface area (Å²) in [6.07, 6.45) is 1.72. The van der Waals surface area contributed by atoms with Crippen molar-refractivity contribution < 1.29 is 23.1 Å². The lowest BCUT2D eigenvalue weighted by molar-refractivity contribution is -0.192. The van der Waals surface area contributed by atoms with Crippen LogP contribution < -0.4 is 0 Å². The van der Waals surface area contributed by atoms with Gasteiger partial charge in [-0.25, -0.2) is 9.78 Å². The molecule has 0 saturated carbocycles. The minimum absolute atomic E-state index is 0.415. The van der Waals surface area contributed by atoms with Gasteiger partial charge in [-0.15, -0.1) is 0 Å². The second-order valence-electron chi connectivity index (χ2n) is 4.15. The summed E-state index contributed by atoms with van der Waals surface area (Å²) in [5, 5.41) is 7.12. The summed E-state index contributed by atoms with van der Waals surface area (Å²) in [6, 6.07) is 10.9. The number of carboxylic acid groups (broad SMARTS) is 1. The van der Waals surface area contributed by atoms with E-state index in [4.69, 9.17) is 9.90 Å². The van der Waals surface area contributed by atoms with E-state index in [0.717, 1.165) is 6.42 Å². The average molecular weight is 300 g/mol. The number of alkyl halides is 3. The number of carboxylic acids is 1. The number of aliphatic carboxylic acids is 1. The number of benzene rings is 1. The highest BCUT2D eigenvalue weighted by Gasteiger charge is 2.38. The number of hydrogen-bond donors (Lipinski definition) is 1. The summed E-state index contributed by atoms with van der Waals surface area (Å²) >= 11 is 0. The van der Waals surface area contributed by atoms with Gasteiger partial charge >= 0.3 is 12.1 Å². The molecule has 4 nitrogen and oxygen atoms in total. The Balaban J connectivity index is 0.000000270. The van der Waals surface area contributed by atoms with Crippen molar-refractivity contribution in [2.45, 2.75) is 25.6 Å². The van der Waals surface area contributed by atoms with E-state index < -0.39 is 12.1 Å². The van der Waals surface area contributed by atoms with E-state index in [1.165, 1.54) is 5.56 Å². The molecule has 0 spiro atoms. The predicted octanol–water partition coefficient (Wildman–Crippen LogP) is 3.52. The molecule has 0 fully saturated rings. The minimum atomic E-state index is -5.08. The lowest BCUT2D eigenvalue weighted by atomic mass is 10.0. The average Bonchev–Trinajstić information content (AvgIpc) is 2.94. The first kappa shape index (κ1) is 16.7. The summed E-state index contributed by atoms with van der Waals surface area (Å²) in [7, 11) is 0. The highest BCUT2D eigenvalue weighted by molar-refractivity contribution is 5.73. The van der Waals surface area contributed by atoms with Crippen LogP contribution in [-0.4, -0.2) is 26.8 Å². The van der Waals surface area contributed by atoms with Crippen LogP contribution in [0, 0.1) is 0 Å². The molecule has 2 rings (SSSR count). The summed E-state index contributed by atoms with van der Waals surface area (Å²) in [6.45, 7) is 2.19. The molecule has 0 saturated heterocycles. The first-order valence-corrected chi connectivity index (χ1v) is 6.18. The van der Waals surface area contributed by atoms with Gasteiger partial charge in [0, 0.05) is 12.4 Å². The fraction of sp³-hybridized carbons (Fsp3) is 0.286. The van der Waals surface area contributed by atoms with E-state index in [9.17, 15) is 13.2 Å². The molecule has 0 bridgehead atoms. The van der Waals surface area contributed by atoms with Crippen molar-refractivity contribution in [1.82, 2.24) is 9.55 Å². The van der Waals surface area contributed by atoms with Crippen LogP contribution in [0.4, 0.5) is 13.2 Å². The van der Waals surface area contributed by atoms with Crippen LogP contribution in [0.3, 0.4) is 0 Å². The van der Waals surface area contributed by atoms with Gasteiger partial charge in [-0.05, 0) is 12.0 Å². The zero-order chi connectivity index (χ0) is 15.9. The molecule has 1 aromatic carbocycles. The fourth-order valence-corrected chi connectivity index (χ4v) is 1.75. The molecule has 1 unspecified atom stereocenters. The number of aromatic nitrogens is 2. The number of rotatable bonds is 3. The van der Waals surface area contributed by atoms with Crippen LogP contribution in [0.2, 0.25) is 0 Å². The van der Waals surface area contributed by atoms with Crippen molar-refractivity contribution in [3.8, 4) is 0 Å². The third-order valence-electron chi connectivity index (χ3n) is 2.70. The van der Waals surface area contributed by atoms with Crippen LogP contribution in [0.1, 0.15) is 24.9 Å². The van der Waals surface area contributed by atoms with Gasteiger partial charge in [-0.1, -0.05) is 37.3 Å². The number of halogens is 3. The van der Waals surface area contributed by atoms with Gasteiger partial charge in [0.15, 0.2) is 0 Å². The van der Waals surface area contributed by atoms with Crippen molar-refractivity contribution in [3.63, 3.8) is 0 Å². The molecular formula is C14H15F3N2O2. The van der Waals surface area contributed by atoms with Gasteiger partial charge < -0.3 is 9.67 Å². The molecule has 0 aliphatic carbocycles. The summed E-state index contributed by atoms with van der Waals surface area (Å²) in [4.78, 5) is 13.0. The maximum Gasteiger partial charge on any atom is 0.490 e. The largest absolute Gasteiger partial charge is 0.490 e. The zero-order valence-corrected chi connectivity index (χ0v) is 11.3. The summed E-state index contributed by atoms with van der Waals surface area (Å²) in [5.41, 5.74) is 1.34. The third kappa shape index (κ3) is 5.29. The van der Waals surface area contributed by atoms with Crippen LogP contribution in [-0.2, 0) is 4.79 Å². The van der Waals surface area contributed by atoms with Gasteiger partial charge in [0.1, 0.15) is 0 Å². The molecule has 21 heavy (non-hydrogen) atoms. The van der Waals surface area contributed by atoms with Crippen molar-refractivity contribution in [2.24, 2.45) is 0 Å². The Morgan fingerprint density at radius 2 is 1.90 bits per heavy atom. The third-order valence-corrected chi connectivity index (χ3v) is 2.70. The molecule has 2 aromatic rings. The topological polar surface area (TPSA) is 55.1 Å². The van der Waals surface area contributed by atoms with Crippen LogP contribution in [0.25, 0.3) is 0 Å². The van der Waals surface area contributed by atoms with Crippen molar-refractivity contribution >= 4 is 5.97 Å². The first-order valence-electron chi connectivity index (χ1n) is 6.18. The standard InChI is InChI=1S/C12H14N2.C2HF3O2/c1-2-12(14-9-8-13-10-14)11-6-4-3-5-7-11;3-2(4,5)1(6)7/h3-10,12H,2H2,1H3;(H,6,7). The number of imidazole rings is 1. The molecule has 0 amide bonds. The Labute approximate surface area is 119 Å². The van der Waals surface area contributed by atoms with E-state index in [0.29, 0.717) is 6.04 Å². The fourth-order valence-electron chi connectivity index (χ4n) is 1.75. The normalized spacial score (nSPS) is 12.2. The molecule has 1 heterocycles. The van der Waals surface area contributed by atoms with Gasteiger partial charge in [0.05, 0.1) is 12.4 Å². The molecule has 114 valence electrons. The Hall–Kier alpha value is -2.31. The van der Waals surface area contributed by atoms with Crippen molar-refractivity contribution in [3.05, 3.63) is 54.6 Å². The lowest BCUT2D eigenvalue weighted by Gasteiger charge is -2.16. The number of hydrogen-bond acceptors (Lipinski definition) is 2. The van der Waals surface area contributed by atoms with Gasteiger partial charge in [-0.2, -0.15) is 13.2 Å². The zero-order valence-electron chi connectivity index (χ0n) is 11.3. The van der Waals surface area contributed by atoms with E-state index in [2.05, 4.69) is 40.7 Å². The molecule has 7 heteroatoms. The Morgan fingerprint density at radius 3 is 2.29 bits per heavy atom. The molecule has 0 radical (unpaired) electrons. The van der Waals surface area contributed by atoms with Gasteiger partial charge in [0.2, 0.25) is 0 Å². The number of nitrogens with zero attached hydrogens (tertiary/aromatic N) is 2. The Morgan fingerprint density at radius 1 is 1.33 bits per heavy atom. The van der Waals surface area contributed by atoms with Crippen LogP contribution in [0.15, 0.2) is 49.1 Å². The Bertz CT molecular complexity index is 539. The van der Waals surface area contributed by atoms with E-state index in [1.54, 1.807) is 0 Å². The minimum Gasteiger partial charge on any atom is -0.475 e. The predicted molar refractivity (Wildman–Crippen MR) is 70.8 cm³/mol. The number of carbonyl (C=O) groups is 1. The van der Waals surface area contributed by atoms with Crippen LogP contribution in [0.5, 0.6) is 0 Å². The maximum absolute atomic E-state index is 10.6. The SMILES string of the molecule is CCC(c1ccccc1)n1ccnc1.O=C(O)C(F)(F)F. The van der Waals surface area contributed by atoms with E-state index in [1.807, 2.05) is 24.8 Å². The molecule has 1 aromatic heterocycles. The van der Waals surface area contributed by atoms with E-state index in [-0.39, 0.29) is 0 Å². The van der Waals surface area contributed by atoms with Crippen molar-refractivity contribution in [1.29, 1.82) is 0 Å². The highest BCUT2D eigenvalue weighted by atomic mass is 19.4. The molecular weight excluding hydrogens is 285 g/mol. The molecule has 0 aliphatic heterocycles. The molecule has 1 atom stereocenters. The first-order chi connectivity index (χ1) is 9.86. The lowest BCUT2D eigenvalue weighted by Crippen LogP contribution is -2.21. The maximum atomic E-state index is 10.6. The van der Waals surface area contributed by atoms with Crippen molar-refractivity contribution in [2.75, 3.05) is 0 Å². The highest BCUT2D eigenvalue weighted by Crippen LogP contribution is 2.20. The second kappa shape index (κ2) is 7.47. The Kier molecular flexibility index (Phi) is 5.95. The molecule has 0 aliphatic rings. The summed E-state index contributed by atoms with van der Waals surface area (Å²) < 4.78 is 33.9. The van der Waals surface area contributed by atoms with Gasteiger partial charge in [0.25, 0.3) is 0 Å². The smallest absolute Gasteiger partial charge is 0.475 e. The monoisotopic (exact) mass is 300 g/mol. The van der Waals surface area contributed by atoms with Crippen LogP contribution >= 0.6 is 0 Å². The second-order valence-corrected chi connectivity index (χ2v) is 4.15. The van der Waals surface area contributed by atoms with E-state index >= 15 is 0 Å². The molecule has 1 N–H and O–H groups in total. The van der Waals surface area contributed by atoms with Gasteiger partial charge in [-0.3, -0.25) is 0 Å². The summed E-state index contributed by atoms with van der Waals surface area (Å²) in [5.74, 6) is -2.76. The quantitative estimate of drug-likeness (QED) is 0.943.